The SMILES string of the molecule is COC(=O)CCS(=O)(=O)N1CCS(=O)(=O)CC1CC(=O)O. The van der Waals surface area contributed by atoms with E-state index < -0.39 is 55.8 Å². The Bertz CT molecular complexity index is 609. The molecule has 21 heavy (non-hydrogen) atoms. The number of sulfonamides is 1. The number of methoxy groups -OCH3 is 1. The van der Waals surface area contributed by atoms with Crippen LogP contribution >= 0.6 is 0 Å². The molecule has 122 valence electrons. The summed E-state index contributed by atoms with van der Waals surface area (Å²) < 4.78 is 52.6. The van der Waals surface area contributed by atoms with Crippen molar-refractivity contribution in [3.8, 4) is 0 Å². The Morgan fingerprint density at radius 1 is 1.38 bits per heavy atom. The van der Waals surface area contributed by atoms with Gasteiger partial charge in [-0.15, -0.1) is 0 Å². The summed E-state index contributed by atoms with van der Waals surface area (Å²) in [5.74, 6) is -3.43. The molecule has 1 unspecified atom stereocenters. The maximum atomic E-state index is 12.1. The Labute approximate surface area is 122 Å². The molecule has 1 N–H and O–H groups in total. The molecule has 1 fully saturated rings. The van der Waals surface area contributed by atoms with Gasteiger partial charge in [-0.25, -0.2) is 16.8 Å². The number of sulfone groups is 1. The molecule has 11 heteroatoms. The topological polar surface area (TPSA) is 135 Å². The number of hydrogen-bond donors (Lipinski definition) is 1. The second-order valence-corrected chi connectivity index (χ2v) is 8.89. The summed E-state index contributed by atoms with van der Waals surface area (Å²) in [7, 11) is -6.28. The summed E-state index contributed by atoms with van der Waals surface area (Å²) in [6.07, 6.45) is -0.974. The lowest BCUT2D eigenvalue weighted by Gasteiger charge is -2.33. The summed E-state index contributed by atoms with van der Waals surface area (Å²) in [6.45, 7) is -0.302. The molecule has 0 radical (unpaired) electrons. The van der Waals surface area contributed by atoms with Gasteiger partial charge in [-0.3, -0.25) is 9.59 Å². The quantitative estimate of drug-likeness (QED) is 0.573. The van der Waals surface area contributed by atoms with Crippen molar-refractivity contribution in [2.75, 3.05) is 30.9 Å². The van der Waals surface area contributed by atoms with Gasteiger partial charge in [0.05, 0.1) is 37.2 Å². The Morgan fingerprint density at radius 2 is 2.00 bits per heavy atom. The number of hydrogen-bond acceptors (Lipinski definition) is 7. The zero-order valence-electron chi connectivity index (χ0n) is 11.4. The fraction of sp³-hybridized carbons (Fsp3) is 0.800. The van der Waals surface area contributed by atoms with E-state index >= 15 is 0 Å². The molecule has 1 aliphatic heterocycles. The average Bonchev–Trinajstić information content (AvgIpc) is 2.33. The minimum atomic E-state index is -3.93. The summed E-state index contributed by atoms with van der Waals surface area (Å²) >= 11 is 0. The van der Waals surface area contributed by atoms with Crippen LogP contribution in [0.25, 0.3) is 0 Å². The van der Waals surface area contributed by atoms with E-state index in [0.29, 0.717) is 0 Å². The minimum Gasteiger partial charge on any atom is -0.481 e. The first-order valence-corrected chi connectivity index (χ1v) is 9.49. The number of aliphatic carboxylic acids is 1. The third-order valence-electron chi connectivity index (χ3n) is 3.04. The van der Waals surface area contributed by atoms with Crippen molar-refractivity contribution in [1.29, 1.82) is 0 Å². The highest BCUT2D eigenvalue weighted by molar-refractivity contribution is 7.92. The van der Waals surface area contributed by atoms with Crippen LogP contribution in [0.5, 0.6) is 0 Å². The average molecular weight is 343 g/mol. The first-order valence-electron chi connectivity index (χ1n) is 6.06. The van der Waals surface area contributed by atoms with Crippen molar-refractivity contribution in [2.45, 2.75) is 18.9 Å². The Balaban J connectivity index is 2.90. The summed E-state index contributed by atoms with van der Waals surface area (Å²) in [6, 6.07) is -1.15. The number of rotatable bonds is 6. The van der Waals surface area contributed by atoms with Crippen LogP contribution in [0.15, 0.2) is 0 Å². The lowest BCUT2D eigenvalue weighted by atomic mass is 10.2. The van der Waals surface area contributed by atoms with Gasteiger partial charge in [0.2, 0.25) is 10.0 Å². The van der Waals surface area contributed by atoms with Crippen molar-refractivity contribution in [1.82, 2.24) is 4.31 Å². The molecule has 1 atom stereocenters. The van der Waals surface area contributed by atoms with Crippen molar-refractivity contribution in [3.05, 3.63) is 0 Å². The van der Waals surface area contributed by atoms with Gasteiger partial charge < -0.3 is 9.84 Å². The number of esters is 1. The predicted octanol–water partition coefficient (Wildman–Crippen LogP) is -1.55. The zero-order chi connectivity index (χ0) is 16.3. The van der Waals surface area contributed by atoms with Crippen molar-refractivity contribution >= 4 is 31.8 Å². The van der Waals surface area contributed by atoms with E-state index in [1.165, 1.54) is 0 Å². The molecule has 1 rings (SSSR count). The third-order valence-corrected chi connectivity index (χ3v) is 6.65. The standard InChI is InChI=1S/C10H17NO8S2/c1-19-10(14)2-4-21(17,18)11-3-5-20(15,16)7-8(11)6-9(12)13/h8H,2-7H2,1H3,(H,12,13). The van der Waals surface area contributed by atoms with E-state index in [1.807, 2.05) is 0 Å². The number of nitrogens with zero attached hydrogens (tertiary/aromatic N) is 1. The van der Waals surface area contributed by atoms with Crippen LogP contribution in [0.4, 0.5) is 0 Å². The molecular formula is C10H17NO8S2. The monoisotopic (exact) mass is 343 g/mol. The number of carboxylic acid groups (broad SMARTS) is 1. The van der Waals surface area contributed by atoms with E-state index in [-0.39, 0.29) is 18.7 Å². The lowest BCUT2D eigenvalue weighted by molar-refractivity contribution is -0.140. The van der Waals surface area contributed by atoms with Crippen LogP contribution < -0.4 is 0 Å². The number of carbonyl (C=O) groups is 2. The zero-order valence-corrected chi connectivity index (χ0v) is 13.0. The van der Waals surface area contributed by atoms with Crippen LogP contribution in [0.2, 0.25) is 0 Å². The third kappa shape index (κ3) is 5.25. The summed E-state index contributed by atoms with van der Waals surface area (Å²) in [5.41, 5.74) is 0. The molecule has 0 aromatic heterocycles. The van der Waals surface area contributed by atoms with Gasteiger partial charge in [-0.05, 0) is 0 Å². The van der Waals surface area contributed by atoms with E-state index in [0.717, 1.165) is 11.4 Å². The van der Waals surface area contributed by atoms with Crippen LogP contribution in [0.1, 0.15) is 12.8 Å². The summed E-state index contributed by atoms with van der Waals surface area (Å²) in [5, 5.41) is 8.79. The first-order chi connectivity index (χ1) is 9.57. The molecule has 0 amide bonds. The fourth-order valence-corrected chi connectivity index (χ4v) is 5.40. The summed E-state index contributed by atoms with van der Waals surface area (Å²) in [4.78, 5) is 21.8. The van der Waals surface area contributed by atoms with Crippen LogP contribution in [0.3, 0.4) is 0 Å². The van der Waals surface area contributed by atoms with Gasteiger partial charge in [0.15, 0.2) is 9.84 Å². The van der Waals surface area contributed by atoms with Crippen molar-refractivity contribution < 1.29 is 36.3 Å². The molecule has 0 aromatic rings. The first kappa shape index (κ1) is 17.9. The van der Waals surface area contributed by atoms with E-state index in [4.69, 9.17) is 5.11 Å². The van der Waals surface area contributed by atoms with E-state index in [2.05, 4.69) is 4.74 Å². The molecule has 0 bridgehead atoms. The van der Waals surface area contributed by atoms with Gasteiger partial charge in [0.1, 0.15) is 0 Å². The molecule has 1 aliphatic rings. The Kier molecular flexibility index (Phi) is 5.70. The van der Waals surface area contributed by atoms with E-state index in [1.54, 1.807) is 0 Å². The Morgan fingerprint density at radius 3 is 2.52 bits per heavy atom. The molecular weight excluding hydrogens is 326 g/mol. The molecule has 0 aliphatic carbocycles. The van der Waals surface area contributed by atoms with Crippen LogP contribution in [-0.2, 0) is 34.2 Å². The highest BCUT2D eigenvalue weighted by Gasteiger charge is 2.39. The lowest BCUT2D eigenvalue weighted by Crippen LogP contribution is -2.52. The van der Waals surface area contributed by atoms with Gasteiger partial charge in [-0.2, -0.15) is 4.31 Å². The largest absolute Gasteiger partial charge is 0.481 e. The van der Waals surface area contributed by atoms with Gasteiger partial charge in [-0.1, -0.05) is 0 Å². The highest BCUT2D eigenvalue weighted by Crippen LogP contribution is 2.19. The molecule has 1 saturated heterocycles. The maximum Gasteiger partial charge on any atom is 0.306 e. The van der Waals surface area contributed by atoms with E-state index in [9.17, 15) is 26.4 Å². The number of carboxylic acids is 1. The number of ether oxygens (including phenoxy) is 1. The second-order valence-electron chi connectivity index (χ2n) is 4.62. The predicted molar refractivity (Wildman–Crippen MR) is 71.8 cm³/mol. The fourth-order valence-electron chi connectivity index (χ4n) is 2.03. The van der Waals surface area contributed by atoms with Crippen molar-refractivity contribution in [3.63, 3.8) is 0 Å². The van der Waals surface area contributed by atoms with Gasteiger partial charge in [0, 0.05) is 12.6 Å². The van der Waals surface area contributed by atoms with Gasteiger partial charge >= 0.3 is 11.9 Å². The Hall–Kier alpha value is -1.20. The van der Waals surface area contributed by atoms with Crippen LogP contribution in [0, 0.1) is 0 Å². The highest BCUT2D eigenvalue weighted by atomic mass is 32.2. The normalized spacial score (nSPS) is 22.6. The van der Waals surface area contributed by atoms with Gasteiger partial charge in [0.25, 0.3) is 0 Å². The molecule has 9 nitrogen and oxygen atoms in total. The second kappa shape index (κ2) is 6.71. The number of carbonyl (C=O) groups excluding carboxylic acids is 1. The maximum absolute atomic E-state index is 12.1. The minimum absolute atomic E-state index is 0.302. The molecule has 0 spiro atoms. The van der Waals surface area contributed by atoms with Crippen molar-refractivity contribution in [2.24, 2.45) is 0 Å². The molecule has 0 saturated carbocycles. The molecule has 1 heterocycles. The smallest absolute Gasteiger partial charge is 0.306 e. The van der Waals surface area contributed by atoms with Crippen LogP contribution in [-0.4, -0.2) is 75.1 Å². The molecule has 0 aromatic carbocycles.